The SMILES string of the molecule is COc1cccc([C@H](CC(=O)N[C@H]2CCCCNC2=O)c2cnc3c(C)cccn23)c1. The third kappa shape index (κ3) is 4.55. The van der Waals surface area contributed by atoms with Crippen molar-refractivity contribution in [2.45, 2.75) is 44.6 Å². The Bertz CT molecular complexity index is 1090. The van der Waals surface area contributed by atoms with E-state index in [1.807, 2.05) is 60.1 Å². The summed E-state index contributed by atoms with van der Waals surface area (Å²) in [6, 6.07) is 11.3. The van der Waals surface area contributed by atoms with Gasteiger partial charge >= 0.3 is 0 Å². The van der Waals surface area contributed by atoms with Crippen LogP contribution in [0.4, 0.5) is 0 Å². The van der Waals surface area contributed by atoms with Crippen LogP contribution in [0.1, 0.15) is 48.4 Å². The van der Waals surface area contributed by atoms with Crippen LogP contribution in [0.15, 0.2) is 48.8 Å². The Morgan fingerprint density at radius 3 is 3.03 bits per heavy atom. The van der Waals surface area contributed by atoms with Crippen molar-refractivity contribution in [3.8, 4) is 5.75 Å². The highest BCUT2D eigenvalue weighted by molar-refractivity contribution is 5.88. The molecule has 31 heavy (non-hydrogen) atoms. The molecule has 4 rings (SSSR count). The van der Waals surface area contributed by atoms with Crippen LogP contribution >= 0.6 is 0 Å². The number of aromatic nitrogens is 2. The summed E-state index contributed by atoms with van der Waals surface area (Å²) in [4.78, 5) is 29.9. The van der Waals surface area contributed by atoms with E-state index >= 15 is 0 Å². The molecule has 2 amide bonds. The summed E-state index contributed by atoms with van der Waals surface area (Å²) in [5.74, 6) is 0.239. The van der Waals surface area contributed by atoms with Gasteiger partial charge in [-0.1, -0.05) is 18.2 Å². The number of rotatable bonds is 6. The number of hydrogen-bond acceptors (Lipinski definition) is 4. The van der Waals surface area contributed by atoms with Crippen molar-refractivity contribution in [2.75, 3.05) is 13.7 Å². The summed E-state index contributed by atoms with van der Waals surface area (Å²) in [6.07, 6.45) is 6.52. The first-order chi connectivity index (χ1) is 15.1. The number of nitrogens with one attached hydrogen (secondary N) is 2. The molecular weight excluding hydrogens is 392 g/mol. The van der Waals surface area contributed by atoms with Gasteiger partial charge in [0.25, 0.3) is 0 Å². The molecule has 1 aliphatic heterocycles. The Morgan fingerprint density at radius 1 is 1.32 bits per heavy atom. The lowest BCUT2D eigenvalue weighted by atomic mass is 9.92. The fourth-order valence-electron chi connectivity index (χ4n) is 4.20. The molecule has 3 heterocycles. The highest BCUT2D eigenvalue weighted by Crippen LogP contribution is 2.31. The van der Waals surface area contributed by atoms with Gasteiger partial charge in [0.2, 0.25) is 11.8 Å². The molecule has 1 saturated heterocycles. The van der Waals surface area contributed by atoms with Gasteiger partial charge in [-0.15, -0.1) is 0 Å². The monoisotopic (exact) mass is 420 g/mol. The lowest BCUT2D eigenvalue weighted by molar-refractivity contribution is -0.128. The number of nitrogens with zero attached hydrogens (tertiary/aromatic N) is 2. The van der Waals surface area contributed by atoms with E-state index < -0.39 is 6.04 Å². The Morgan fingerprint density at radius 2 is 2.19 bits per heavy atom. The number of benzene rings is 1. The maximum absolute atomic E-state index is 13.1. The number of hydrogen-bond donors (Lipinski definition) is 2. The minimum absolute atomic E-state index is 0.103. The first-order valence-electron chi connectivity index (χ1n) is 10.7. The molecular formula is C24H28N4O3. The minimum Gasteiger partial charge on any atom is -0.497 e. The fraction of sp³-hybridized carbons (Fsp3) is 0.375. The predicted octanol–water partition coefficient (Wildman–Crippen LogP) is 2.96. The van der Waals surface area contributed by atoms with E-state index in [4.69, 9.17) is 4.74 Å². The van der Waals surface area contributed by atoms with Gasteiger partial charge < -0.3 is 19.8 Å². The van der Waals surface area contributed by atoms with Gasteiger partial charge in [0, 0.05) is 31.3 Å². The van der Waals surface area contributed by atoms with E-state index in [2.05, 4.69) is 15.6 Å². The number of aryl methyl sites for hydroxylation is 1. The van der Waals surface area contributed by atoms with Gasteiger partial charge in [-0.2, -0.15) is 0 Å². The van der Waals surface area contributed by atoms with Crippen LogP contribution in [0.2, 0.25) is 0 Å². The lowest BCUT2D eigenvalue weighted by Gasteiger charge is -2.20. The van der Waals surface area contributed by atoms with E-state index in [1.54, 1.807) is 7.11 Å². The van der Waals surface area contributed by atoms with Crippen molar-refractivity contribution < 1.29 is 14.3 Å². The topological polar surface area (TPSA) is 84.7 Å². The van der Waals surface area contributed by atoms with Gasteiger partial charge in [-0.25, -0.2) is 4.98 Å². The van der Waals surface area contributed by atoms with Gasteiger partial charge in [0.1, 0.15) is 17.4 Å². The van der Waals surface area contributed by atoms with Gasteiger partial charge in [0.15, 0.2) is 0 Å². The number of methoxy groups -OCH3 is 1. The number of ether oxygens (including phenoxy) is 1. The molecule has 1 fully saturated rings. The third-order valence-electron chi connectivity index (χ3n) is 5.87. The van der Waals surface area contributed by atoms with Crippen molar-refractivity contribution in [3.63, 3.8) is 0 Å². The second-order valence-electron chi connectivity index (χ2n) is 8.01. The summed E-state index contributed by atoms with van der Waals surface area (Å²) in [5.41, 5.74) is 3.82. The number of carbonyl (C=O) groups is 2. The number of pyridine rings is 1. The molecule has 7 nitrogen and oxygen atoms in total. The van der Waals surface area contributed by atoms with Gasteiger partial charge in [-0.3, -0.25) is 9.59 Å². The van der Waals surface area contributed by atoms with E-state index in [0.29, 0.717) is 13.0 Å². The summed E-state index contributed by atoms with van der Waals surface area (Å²) >= 11 is 0. The zero-order valence-electron chi connectivity index (χ0n) is 17.9. The standard InChI is InChI=1S/C24H28N4O3/c1-16-7-6-12-28-21(15-26-23(16)28)19(17-8-5-9-18(13-17)31-2)14-22(29)27-20-10-3-4-11-25-24(20)30/h5-9,12-13,15,19-20H,3-4,10-11,14H2,1-2H3,(H,25,30)(H,27,29)/t19-,20-/m0/s1. The molecule has 2 aromatic heterocycles. The summed E-state index contributed by atoms with van der Waals surface area (Å²) in [5, 5.41) is 5.82. The van der Waals surface area contributed by atoms with Crippen LogP contribution < -0.4 is 15.4 Å². The molecule has 1 aromatic carbocycles. The third-order valence-corrected chi connectivity index (χ3v) is 5.87. The van der Waals surface area contributed by atoms with Crippen molar-refractivity contribution in [3.05, 3.63) is 65.6 Å². The molecule has 2 N–H and O–H groups in total. The molecule has 2 atom stereocenters. The molecule has 3 aromatic rings. The maximum Gasteiger partial charge on any atom is 0.242 e. The highest BCUT2D eigenvalue weighted by atomic mass is 16.5. The zero-order chi connectivity index (χ0) is 21.8. The van der Waals surface area contributed by atoms with Crippen LogP contribution in [-0.2, 0) is 9.59 Å². The molecule has 0 bridgehead atoms. The number of imidazole rings is 1. The first-order valence-corrected chi connectivity index (χ1v) is 10.7. The highest BCUT2D eigenvalue weighted by Gasteiger charge is 2.26. The van der Waals surface area contributed by atoms with Crippen LogP contribution in [0.25, 0.3) is 5.65 Å². The van der Waals surface area contributed by atoms with Crippen LogP contribution in [-0.4, -0.2) is 40.9 Å². The average Bonchev–Trinajstić information content (AvgIpc) is 3.11. The number of carbonyl (C=O) groups excluding carboxylic acids is 2. The Balaban J connectivity index is 1.66. The Hall–Kier alpha value is -3.35. The fourth-order valence-corrected chi connectivity index (χ4v) is 4.20. The molecule has 0 spiro atoms. The molecule has 0 unspecified atom stereocenters. The van der Waals surface area contributed by atoms with E-state index in [1.165, 1.54) is 0 Å². The summed E-state index contributed by atoms with van der Waals surface area (Å²) in [6.45, 7) is 2.68. The summed E-state index contributed by atoms with van der Waals surface area (Å²) in [7, 11) is 1.63. The van der Waals surface area contributed by atoms with Gasteiger partial charge in [-0.05, 0) is 55.5 Å². The smallest absolute Gasteiger partial charge is 0.242 e. The van der Waals surface area contributed by atoms with Crippen LogP contribution in [0, 0.1) is 6.92 Å². The normalized spacial score (nSPS) is 17.6. The number of amides is 2. The first kappa shape index (κ1) is 20.9. The van der Waals surface area contributed by atoms with Crippen molar-refractivity contribution in [2.24, 2.45) is 0 Å². The second-order valence-corrected chi connectivity index (χ2v) is 8.01. The molecule has 0 saturated carbocycles. The zero-order valence-corrected chi connectivity index (χ0v) is 17.9. The average molecular weight is 421 g/mol. The largest absolute Gasteiger partial charge is 0.497 e. The van der Waals surface area contributed by atoms with Crippen LogP contribution in [0.5, 0.6) is 5.75 Å². The van der Waals surface area contributed by atoms with Crippen LogP contribution in [0.3, 0.4) is 0 Å². The minimum atomic E-state index is -0.481. The quantitative estimate of drug-likeness (QED) is 0.642. The Kier molecular flexibility index (Phi) is 6.21. The predicted molar refractivity (Wildman–Crippen MR) is 118 cm³/mol. The second kappa shape index (κ2) is 9.20. The van der Waals surface area contributed by atoms with E-state index in [0.717, 1.165) is 41.1 Å². The summed E-state index contributed by atoms with van der Waals surface area (Å²) < 4.78 is 7.44. The van der Waals surface area contributed by atoms with Crippen molar-refractivity contribution in [1.29, 1.82) is 0 Å². The van der Waals surface area contributed by atoms with E-state index in [-0.39, 0.29) is 24.2 Å². The number of fused-ring (bicyclic) bond motifs is 1. The molecule has 162 valence electrons. The van der Waals surface area contributed by atoms with Crippen molar-refractivity contribution >= 4 is 17.5 Å². The molecule has 0 aliphatic carbocycles. The maximum atomic E-state index is 13.1. The lowest BCUT2D eigenvalue weighted by Crippen LogP contribution is -2.45. The van der Waals surface area contributed by atoms with Gasteiger partial charge in [0.05, 0.1) is 12.8 Å². The van der Waals surface area contributed by atoms with Crippen molar-refractivity contribution in [1.82, 2.24) is 20.0 Å². The Labute approximate surface area is 181 Å². The van der Waals surface area contributed by atoms with E-state index in [9.17, 15) is 9.59 Å². The molecule has 0 radical (unpaired) electrons. The molecule has 7 heteroatoms. The molecule has 1 aliphatic rings.